The zero-order valence-electron chi connectivity index (χ0n) is 36.6. The minimum absolute atomic E-state index is 0.147. The molecule has 0 heterocycles. The first-order chi connectivity index (χ1) is 27.2. The summed E-state index contributed by atoms with van der Waals surface area (Å²) in [5.74, 6) is -0.503. The van der Waals surface area contributed by atoms with Gasteiger partial charge in [-0.05, 0) is 25.0 Å². The van der Waals surface area contributed by atoms with E-state index in [1.165, 1.54) is 244 Å². The quantitative estimate of drug-likeness (QED) is 0.0650. The molecule has 0 aliphatic heterocycles. The van der Waals surface area contributed by atoms with E-state index in [9.17, 15) is 9.59 Å². The molecule has 1 amide bonds. The van der Waals surface area contributed by atoms with Gasteiger partial charge in [-0.15, -0.1) is 0 Å². The van der Waals surface area contributed by atoms with Crippen LogP contribution in [0.15, 0.2) is 30.3 Å². The summed E-state index contributed by atoms with van der Waals surface area (Å²) in [6.45, 7) is 0. The third-order valence-electron chi connectivity index (χ3n) is 11.9. The second-order valence-corrected chi connectivity index (χ2v) is 17.3. The van der Waals surface area contributed by atoms with Crippen molar-refractivity contribution >= 4 is 17.6 Å². The van der Waals surface area contributed by atoms with Crippen molar-refractivity contribution in [2.45, 2.75) is 276 Å². The van der Waals surface area contributed by atoms with Crippen molar-refractivity contribution in [1.29, 1.82) is 0 Å². The Morgan fingerprint density at radius 3 is 0.727 bits per heavy atom. The third-order valence-corrected chi connectivity index (χ3v) is 11.9. The first kappa shape index (κ1) is 51.2. The maximum absolute atomic E-state index is 12.0. The monoisotopic (exact) mass is 768 g/mol. The molecule has 0 spiro atoms. The molecule has 1 rings (SSSR count). The van der Waals surface area contributed by atoms with Gasteiger partial charge in [0.25, 0.3) is 0 Å². The van der Waals surface area contributed by atoms with E-state index in [0.29, 0.717) is 12.8 Å². The molecule has 0 radical (unpaired) electrons. The zero-order valence-corrected chi connectivity index (χ0v) is 36.6. The predicted molar refractivity (Wildman–Crippen MR) is 241 cm³/mol. The minimum Gasteiger partial charge on any atom is -0.481 e. The van der Waals surface area contributed by atoms with Gasteiger partial charge in [-0.25, -0.2) is 0 Å². The number of aliphatic carboxylic acids is 1. The van der Waals surface area contributed by atoms with Crippen molar-refractivity contribution in [3.05, 3.63) is 30.3 Å². The summed E-state index contributed by atoms with van der Waals surface area (Å²) in [5, 5.41) is 11.6. The van der Waals surface area contributed by atoms with E-state index in [1.807, 2.05) is 30.3 Å². The largest absolute Gasteiger partial charge is 0.481 e. The van der Waals surface area contributed by atoms with Gasteiger partial charge < -0.3 is 10.4 Å². The molecular formula is C51H93NO3. The average Bonchev–Trinajstić information content (AvgIpc) is 3.18. The number of carbonyl (C=O) groups excluding carboxylic acids is 1. The average molecular weight is 768 g/mol. The number of rotatable bonds is 45. The molecule has 0 fully saturated rings. The molecule has 0 saturated heterocycles. The van der Waals surface area contributed by atoms with E-state index in [-0.39, 0.29) is 5.91 Å². The van der Waals surface area contributed by atoms with Crippen molar-refractivity contribution in [1.82, 2.24) is 0 Å². The van der Waals surface area contributed by atoms with Crippen LogP contribution in [0.25, 0.3) is 0 Å². The number of carbonyl (C=O) groups is 2. The number of unbranched alkanes of at least 4 members (excludes halogenated alkanes) is 40. The third kappa shape index (κ3) is 41.6. The van der Waals surface area contributed by atoms with Crippen LogP contribution >= 0.6 is 0 Å². The van der Waals surface area contributed by atoms with Crippen molar-refractivity contribution in [2.24, 2.45) is 0 Å². The second kappa shape index (κ2) is 43.3. The van der Waals surface area contributed by atoms with Gasteiger partial charge in [-0.2, -0.15) is 0 Å². The maximum Gasteiger partial charge on any atom is 0.303 e. The van der Waals surface area contributed by atoms with Crippen LogP contribution in [-0.4, -0.2) is 17.0 Å². The van der Waals surface area contributed by atoms with Gasteiger partial charge in [0, 0.05) is 18.5 Å². The van der Waals surface area contributed by atoms with Crippen LogP contribution in [0.3, 0.4) is 0 Å². The smallest absolute Gasteiger partial charge is 0.303 e. The summed E-state index contributed by atoms with van der Waals surface area (Å²) >= 11 is 0. The maximum atomic E-state index is 12.0. The van der Waals surface area contributed by atoms with Gasteiger partial charge in [0.05, 0.1) is 0 Å². The van der Waals surface area contributed by atoms with Crippen molar-refractivity contribution in [3.63, 3.8) is 0 Å². The van der Waals surface area contributed by atoms with Crippen LogP contribution < -0.4 is 5.32 Å². The van der Waals surface area contributed by atoms with Crippen molar-refractivity contribution < 1.29 is 14.7 Å². The molecule has 0 aliphatic carbocycles. The lowest BCUT2D eigenvalue weighted by Gasteiger charge is -2.05. The molecule has 0 bridgehead atoms. The van der Waals surface area contributed by atoms with E-state index >= 15 is 0 Å². The number of benzene rings is 1. The highest BCUT2D eigenvalue weighted by atomic mass is 16.4. The van der Waals surface area contributed by atoms with Gasteiger partial charge in [-0.1, -0.05) is 269 Å². The highest BCUT2D eigenvalue weighted by Crippen LogP contribution is 2.18. The molecular weight excluding hydrogens is 675 g/mol. The summed E-state index contributed by atoms with van der Waals surface area (Å²) in [4.78, 5) is 22.5. The zero-order chi connectivity index (χ0) is 39.4. The lowest BCUT2D eigenvalue weighted by Crippen LogP contribution is -2.10. The molecule has 1 aromatic carbocycles. The lowest BCUT2D eigenvalue weighted by atomic mass is 10.0. The summed E-state index contributed by atoms with van der Waals surface area (Å²) in [6, 6.07) is 9.78. The Morgan fingerprint density at radius 1 is 0.309 bits per heavy atom. The summed E-state index contributed by atoms with van der Waals surface area (Å²) in [6.07, 6.45) is 57.7. The van der Waals surface area contributed by atoms with E-state index in [2.05, 4.69) is 5.32 Å². The second-order valence-electron chi connectivity index (χ2n) is 17.3. The van der Waals surface area contributed by atoms with Gasteiger partial charge in [-0.3, -0.25) is 9.59 Å². The fourth-order valence-corrected chi connectivity index (χ4v) is 8.20. The van der Waals surface area contributed by atoms with Gasteiger partial charge in [0.2, 0.25) is 5.91 Å². The molecule has 0 aliphatic rings. The number of amides is 1. The van der Waals surface area contributed by atoms with E-state index in [4.69, 9.17) is 5.11 Å². The Hall–Kier alpha value is -1.84. The van der Waals surface area contributed by atoms with Gasteiger partial charge in [0.15, 0.2) is 0 Å². The van der Waals surface area contributed by atoms with E-state index in [1.54, 1.807) is 0 Å². The highest BCUT2D eigenvalue weighted by molar-refractivity contribution is 5.90. The van der Waals surface area contributed by atoms with E-state index in [0.717, 1.165) is 24.9 Å². The van der Waals surface area contributed by atoms with Crippen molar-refractivity contribution in [3.8, 4) is 0 Å². The Morgan fingerprint density at radius 2 is 0.509 bits per heavy atom. The van der Waals surface area contributed by atoms with Crippen LogP contribution in [0.2, 0.25) is 0 Å². The van der Waals surface area contributed by atoms with Crippen molar-refractivity contribution in [2.75, 3.05) is 5.32 Å². The molecule has 55 heavy (non-hydrogen) atoms. The molecule has 4 nitrogen and oxygen atoms in total. The number of carboxylic acids is 1. The normalized spacial score (nSPS) is 11.3. The number of hydrogen-bond acceptors (Lipinski definition) is 2. The lowest BCUT2D eigenvalue weighted by molar-refractivity contribution is -0.137. The summed E-state index contributed by atoms with van der Waals surface area (Å²) < 4.78 is 0. The fourth-order valence-electron chi connectivity index (χ4n) is 8.20. The summed E-state index contributed by atoms with van der Waals surface area (Å²) in [7, 11) is 0. The van der Waals surface area contributed by atoms with Crippen LogP contribution in [0.5, 0.6) is 0 Å². The number of para-hydroxylation sites is 1. The first-order valence-electron chi connectivity index (χ1n) is 24.7. The number of hydrogen-bond donors (Lipinski definition) is 2. The molecule has 0 unspecified atom stereocenters. The Labute approximate surface area is 343 Å². The number of anilines is 1. The number of nitrogens with one attached hydrogen (secondary N) is 1. The Bertz CT molecular complexity index is 918. The summed E-state index contributed by atoms with van der Waals surface area (Å²) in [5.41, 5.74) is 0.903. The molecule has 0 saturated carbocycles. The molecule has 0 atom stereocenters. The molecule has 1 aromatic rings. The standard InChI is InChI=1S/C51H93NO3/c53-50(52-49-45-41-40-42-46-49)47-43-38-36-34-32-30-28-26-24-22-20-18-16-14-12-10-8-6-4-2-1-3-5-7-9-11-13-15-17-19-21-23-25-27-29-31-33-35-37-39-44-48-51(54)55/h40-42,45-46H,1-39,43-44,47-48H2,(H,52,53)(H,54,55). The number of carboxylic acid groups (broad SMARTS) is 1. The predicted octanol–water partition coefficient (Wildman–Crippen LogP) is 17.5. The van der Waals surface area contributed by atoms with Crippen LogP contribution in [0.1, 0.15) is 276 Å². The molecule has 4 heteroatoms. The first-order valence-corrected chi connectivity index (χ1v) is 24.7. The van der Waals surface area contributed by atoms with Gasteiger partial charge in [0.1, 0.15) is 0 Å². The Kier molecular flexibility index (Phi) is 40.3. The van der Waals surface area contributed by atoms with Crippen LogP contribution in [0.4, 0.5) is 5.69 Å². The van der Waals surface area contributed by atoms with Gasteiger partial charge >= 0.3 is 5.97 Å². The topological polar surface area (TPSA) is 66.4 Å². The van der Waals surface area contributed by atoms with Crippen LogP contribution in [0, 0.1) is 0 Å². The molecule has 2 N–H and O–H groups in total. The highest BCUT2D eigenvalue weighted by Gasteiger charge is 2.02. The molecule has 320 valence electrons. The SMILES string of the molecule is O=C(O)CCCCCCCCCCCCCCCCCCCCCCCCCCCCCCCCCCCCCCCCCCCC(=O)Nc1ccccc1. The van der Waals surface area contributed by atoms with Crippen LogP contribution in [-0.2, 0) is 9.59 Å². The van der Waals surface area contributed by atoms with E-state index < -0.39 is 5.97 Å². The Balaban J connectivity index is 1.62. The minimum atomic E-state index is -0.650. The molecule has 0 aromatic heterocycles. The fraction of sp³-hybridized carbons (Fsp3) is 0.843.